The molecule has 0 saturated carbocycles. The second-order valence-electron chi connectivity index (χ2n) is 3.94. The second kappa shape index (κ2) is 6.76. The number of amides is 2. The minimum Gasteiger partial charge on any atom is -0.355 e. The third-order valence-electron chi connectivity index (χ3n) is 2.54. The summed E-state index contributed by atoms with van der Waals surface area (Å²) >= 11 is 0. The maximum atomic E-state index is 11.6. The zero-order valence-electron chi connectivity index (χ0n) is 11.0. The van der Waals surface area contributed by atoms with Gasteiger partial charge in [0.2, 0.25) is 5.91 Å². The van der Waals surface area contributed by atoms with Crippen LogP contribution in [0.1, 0.15) is 22.8 Å². The van der Waals surface area contributed by atoms with Gasteiger partial charge < -0.3 is 16.0 Å². The summed E-state index contributed by atoms with van der Waals surface area (Å²) in [5.41, 5.74) is 2.12. The highest BCUT2D eigenvalue weighted by Crippen LogP contribution is 2.16. The van der Waals surface area contributed by atoms with Gasteiger partial charge in [-0.25, -0.2) is 0 Å². The second-order valence-corrected chi connectivity index (χ2v) is 3.94. The van der Waals surface area contributed by atoms with Crippen molar-refractivity contribution in [3.8, 4) is 0 Å². The van der Waals surface area contributed by atoms with E-state index in [-0.39, 0.29) is 18.4 Å². The molecular formula is C13H19N3O2. The normalized spacial score (nSPS) is 9.94. The predicted molar refractivity (Wildman–Crippen MR) is 71.7 cm³/mol. The van der Waals surface area contributed by atoms with E-state index in [1.54, 1.807) is 19.2 Å². The first-order valence-electron chi connectivity index (χ1n) is 5.91. The van der Waals surface area contributed by atoms with Gasteiger partial charge in [0.05, 0.1) is 6.54 Å². The summed E-state index contributed by atoms with van der Waals surface area (Å²) in [5.74, 6) is -0.286. The van der Waals surface area contributed by atoms with Crippen molar-refractivity contribution >= 4 is 17.5 Å². The summed E-state index contributed by atoms with van der Waals surface area (Å²) < 4.78 is 0. The van der Waals surface area contributed by atoms with Crippen LogP contribution in [0.5, 0.6) is 0 Å². The maximum Gasteiger partial charge on any atom is 0.251 e. The lowest BCUT2D eigenvalue weighted by Gasteiger charge is -2.10. The van der Waals surface area contributed by atoms with Crippen LogP contribution in [0.4, 0.5) is 5.69 Å². The Morgan fingerprint density at radius 3 is 2.61 bits per heavy atom. The molecule has 1 rings (SSSR count). The van der Waals surface area contributed by atoms with Crippen molar-refractivity contribution in [2.75, 3.05) is 25.5 Å². The molecule has 98 valence electrons. The number of anilines is 1. The van der Waals surface area contributed by atoms with E-state index in [0.29, 0.717) is 11.3 Å². The summed E-state index contributed by atoms with van der Waals surface area (Å²) in [5, 5.41) is 8.28. The van der Waals surface area contributed by atoms with E-state index in [9.17, 15) is 9.59 Å². The SMILES string of the molecule is CCNCC(=O)Nc1cc(C(=O)NC)ccc1C. The highest BCUT2D eigenvalue weighted by atomic mass is 16.2. The zero-order valence-corrected chi connectivity index (χ0v) is 11.0. The Hall–Kier alpha value is -1.88. The van der Waals surface area contributed by atoms with Crippen molar-refractivity contribution in [1.82, 2.24) is 10.6 Å². The van der Waals surface area contributed by atoms with Gasteiger partial charge in [-0.05, 0) is 31.2 Å². The lowest BCUT2D eigenvalue weighted by atomic mass is 10.1. The van der Waals surface area contributed by atoms with Crippen molar-refractivity contribution in [2.45, 2.75) is 13.8 Å². The highest BCUT2D eigenvalue weighted by Gasteiger charge is 2.08. The van der Waals surface area contributed by atoms with E-state index in [4.69, 9.17) is 0 Å². The lowest BCUT2D eigenvalue weighted by Crippen LogP contribution is -2.28. The summed E-state index contributed by atoms with van der Waals surface area (Å²) in [6.07, 6.45) is 0. The number of likely N-dealkylation sites (N-methyl/N-ethyl adjacent to an activating group) is 1. The molecule has 0 aromatic heterocycles. The van der Waals surface area contributed by atoms with Crippen LogP contribution in [0, 0.1) is 6.92 Å². The summed E-state index contributed by atoms with van der Waals surface area (Å²) in [4.78, 5) is 23.1. The number of carbonyl (C=O) groups is 2. The van der Waals surface area contributed by atoms with Crippen molar-refractivity contribution in [3.63, 3.8) is 0 Å². The van der Waals surface area contributed by atoms with Crippen molar-refractivity contribution < 1.29 is 9.59 Å². The fourth-order valence-corrected chi connectivity index (χ4v) is 1.48. The monoisotopic (exact) mass is 249 g/mol. The largest absolute Gasteiger partial charge is 0.355 e. The number of hydrogen-bond acceptors (Lipinski definition) is 3. The maximum absolute atomic E-state index is 11.6. The van der Waals surface area contributed by atoms with Crippen molar-refractivity contribution in [3.05, 3.63) is 29.3 Å². The van der Waals surface area contributed by atoms with Crippen LogP contribution >= 0.6 is 0 Å². The molecule has 0 atom stereocenters. The van der Waals surface area contributed by atoms with Gasteiger partial charge in [-0.3, -0.25) is 9.59 Å². The first kappa shape index (κ1) is 14.2. The number of rotatable bonds is 5. The van der Waals surface area contributed by atoms with E-state index in [1.165, 1.54) is 0 Å². The van der Waals surface area contributed by atoms with E-state index >= 15 is 0 Å². The Kier molecular flexibility index (Phi) is 5.32. The molecule has 0 saturated heterocycles. The molecule has 3 N–H and O–H groups in total. The van der Waals surface area contributed by atoms with Crippen LogP contribution in [0.2, 0.25) is 0 Å². The molecule has 5 heteroatoms. The molecule has 18 heavy (non-hydrogen) atoms. The van der Waals surface area contributed by atoms with E-state index in [2.05, 4.69) is 16.0 Å². The van der Waals surface area contributed by atoms with Gasteiger partial charge >= 0.3 is 0 Å². The first-order valence-corrected chi connectivity index (χ1v) is 5.91. The average Bonchev–Trinajstić information content (AvgIpc) is 2.38. The fraction of sp³-hybridized carbons (Fsp3) is 0.385. The van der Waals surface area contributed by atoms with Crippen LogP contribution in [0.15, 0.2) is 18.2 Å². The number of carbonyl (C=O) groups excluding carboxylic acids is 2. The third kappa shape index (κ3) is 3.85. The summed E-state index contributed by atoms with van der Waals surface area (Å²) in [6.45, 7) is 4.83. The zero-order chi connectivity index (χ0) is 13.5. The summed E-state index contributed by atoms with van der Waals surface area (Å²) in [6, 6.07) is 5.22. The van der Waals surface area contributed by atoms with Gasteiger partial charge in [-0.1, -0.05) is 13.0 Å². The molecule has 0 fully saturated rings. The van der Waals surface area contributed by atoms with E-state index in [1.807, 2.05) is 19.9 Å². The Labute approximate surface area is 107 Å². The fourth-order valence-electron chi connectivity index (χ4n) is 1.48. The van der Waals surface area contributed by atoms with Crippen LogP contribution < -0.4 is 16.0 Å². The topological polar surface area (TPSA) is 70.2 Å². The average molecular weight is 249 g/mol. The van der Waals surface area contributed by atoms with Crippen LogP contribution in [-0.2, 0) is 4.79 Å². The number of benzene rings is 1. The quantitative estimate of drug-likeness (QED) is 0.726. The van der Waals surface area contributed by atoms with Crippen LogP contribution in [0.25, 0.3) is 0 Å². The van der Waals surface area contributed by atoms with Crippen molar-refractivity contribution in [1.29, 1.82) is 0 Å². The predicted octanol–water partition coefficient (Wildman–Crippen LogP) is 0.903. The Morgan fingerprint density at radius 1 is 1.28 bits per heavy atom. The number of nitrogens with one attached hydrogen (secondary N) is 3. The van der Waals surface area contributed by atoms with Crippen LogP contribution in [0.3, 0.4) is 0 Å². The molecule has 0 bridgehead atoms. The molecule has 0 aliphatic rings. The van der Waals surface area contributed by atoms with E-state index < -0.39 is 0 Å². The molecule has 0 radical (unpaired) electrons. The molecule has 2 amide bonds. The van der Waals surface area contributed by atoms with Gasteiger partial charge in [0.25, 0.3) is 5.91 Å². The molecule has 5 nitrogen and oxygen atoms in total. The molecule has 0 aliphatic heterocycles. The first-order chi connectivity index (χ1) is 8.58. The lowest BCUT2D eigenvalue weighted by molar-refractivity contribution is -0.115. The molecule has 0 heterocycles. The van der Waals surface area contributed by atoms with Gasteiger partial charge in [0.15, 0.2) is 0 Å². The number of hydrogen-bond donors (Lipinski definition) is 3. The van der Waals surface area contributed by atoms with Crippen LogP contribution in [-0.4, -0.2) is 32.0 Å². The smallest absolute Gasteiger partial charge is 0.251 e. The third-order valence-corrected chi connectivity index (χ3v) is 2.54. The molecular weight excluding hydrogens is 230 g/mol. The molecule has 1 aromatic carbocycles. The number of aryl methyl sites for hydroxylation is 1. The molecule has 0 aliphatic carbocycles. The standard InChI is InChI=1S/C13H19N3O2/c1-4-15-8-12(17)16-11-7-10(13(18)14-3)6-5-9(11)2/h5-7,15H,4,8H2,1-3H3,(H,14,18)(H,16,17). The molecule has 0 spiro atoms. The minimum absolute atomic E-state index is 0.117. The Balaban J connectivity index is 2.81. The van der Waals surface area contributed by atoms with Gasteiger partial charge in [-0.2, -0.15) is 0 Å². The van der Waals surface area contributed by atoms with E-state index in [0.717, 1.165) is 12.1 Å². The highest BCUT2D eigenvalue weighted by molar-refractivity contribution is 5.98. The van der Waals surface area contributed by atoms with Gasteiger partial charge in [0.1, 0.15) is 0 Å². The molecule has 0 unspecified atom stereocenters. The van der Waals surface area contributed by atoms with Crippen molar-refractivity contribution in [2.24, 2.45) is 0 Å². The molecule has 1 aromatic rings. The Morgan fingerprint density at radius 2 is 2.00 bits per heavy atom. The van der Waals surface area contributed by atoms with Gasteiger partial charge in [0, 0.05) is 18.3 Å². The Bertz CT molecular complexity index is 444. The van der Waals surface area contributed by atoms with Gasteiger partial charge in [-0.15, -0.1) is 0 Å². The summed E-state index contributed by atoms with van der Waals surface area (Å²) in [7, 11) is 1.58. The minimum atomic E-state index is -0.169.